The maximum Gasteiger partial charge on any atom is 0.256 e. The SMILES string of the molecule is Cc1ccc(NC(=O)c2ccccc2SCc2ccsc2)cc1. The highest BCUT2D eigenvalue weighted by Crippen LogP contribution is 2.27. The fraction of sp³-hybridized carbons (Fsp3) is 0.105. The van der Waals surface area contributed by atoms with Gasteiger partial charge in [0.05, 0.1) is 5.56 Å². The van der Waals surface area contributed by atoms with Crippen molar-refractivity contribution >= 4 is 34.7 Å². The molecule has 23 heavy (non-hydrogen) atoms. The summed E-state index contributed by atoms with van der Waals surface area (Å²) in [6, 6.07) is 17.7. The summed E-state index contributed by atoms with van der Waals surface area (Å²) >= 11 is 3.39. The van der Waals surface area contributed by atoms with Gasteiger partial charge in [-0.2, -0.15) is 11.3 Å². The highest BCUT2D eigenvalue weighted by Gasteiger charge is 2.11. The first kappa shape index (κ1) is 15.8. The Bertz CT molecular complexity index is 779. The molecule has 1 aromatic heterocycles. The van der Waals surface area contributed by atoms with Crippen molar-refractivity contribution in [2.75, 3.05) is 5.32 Å². The molecule has 0 unspecified atom stereocenters. The van der Waals surface area contributed by atoms with Crippen molar-refractivity contribution in [3.63, 3.8) is 0 Å². The number of hydrogen-bond donors (Lipinski definition) is 1. The van der Waals surface area contributed by atoms with E-state index in [0.717, 1.165) is 16.3 Å². The van der Waals surface area contributed by atoms with E-state index >= 15 is 0 Å². The molecule has 0 saturated carbocycles. The van der Waals surface area contributed by atoms with Crippen molar-refractivity contribution in [3.8, 4) is 0 Å². The molecule has 0 aliphatic rings. The van der Waals surface area contributed by atoms with Crippen molar-refractivity contribution in [2.24, 2.45) is 0 Å². The van der Waals surface area contributed by atoms with Crippen LogP contribution in [0.15, 0.2) is 70.3 Å². The number of thiophene rings is 1. The fourth-order valence-corrected chi connectivity index (χ4v) is 3.92. The Balaban J connectivity index is 1.73. The molecule has 116 valence electrons. The van der Waals surface area contributed by atoms with E-state index in [0.29, 0.717) is 5.56 Å². The van der Waals surface area contributed by atoms with E-state index in [2.05, 4.69) is 22.1 Å². The molecule has 0 aliphatic heterocycles. The van der Waals surface area contributed by atoms with Gasteiger partial charge in [-0.3, -0.25) is 4.79 Å². The predicted octanol–water partition coefficient (Wildman–Crippen LogP) is 5.60. The number of carbonyl (C=O) groups is 1. The van der Waals surface area contributed by atoms with Crippen LogP contribution in [0.5, 0.6) is 0 Å². The molecule has 0 aliphatic carbocycles. The van der Waals surface area contributed by atoms with Crippen molar-refractivity contribution in [2.45, 2.75) is 17.6 Å². The lowest BCUT2D eigenvalue weighted by Gasteiger charge is -2.10. The Hall–Kier alpha value is -2.04. The Morgan fingerprint density at radius 2 is 1.87 bits per heavy atom. The summed E-state index contributed by atoms with van der Waals surface area (Å²) in [6.07, 6.45) is 0. The molecule has 0 atom stereocenters. The molecule has 1 N–H and O–H groups in total. The second-order valence-corrected chi connectivity index (χ2v) is 7.03. The molecule has 0 radical (unpaired) electrons. The zero-order chi connectivity index (χ0) is 16.1. The van der Waals surface area contributed by atoms with Crippen LogP contribution in [-0.4, -0.2) is 5.91 Å². The van der Waals surface area contributed by atoms with E-state index in [1.54, 1.807) is 23.1 Å². The zero-order valence-corrected chi connectivity index (χ0v) is 14.4. The first-order chi connectivity index (χ1) is 11.2. The highest BCUT2D eigenvalue weighted by atomic mass is 32.2. The second-order valence-electron chi connectivity index (χ2n) is 5.24. The lowest BCUT2D eigenvalue weighted by atomic mass is 10.2. The predicted molar refractivity (Wildman–Crippen MR) is 99.5 cm³/mol. The van der Waals surface area contributed by atoms with Crippen LogP contribution in [0.3, 0.4) is 0 Å². The normalized spacial score (nSPS) is 10.5. The van der Waals surface area contributed by atoms with Gasteiger partial charge in [0.25, 0.3) is 5.91 Å². The molecule has 2 nitrogen and oxygen atoms in total. The van der Waals surface area contributed by atoms with Gasteiger partial charge in [0.1, 0.15) is 0 Å². The minimum Gasteiger partial charge on any atom is -0.322 e. The van der Waals surface area contributed by atoms with Gasteiger partial charge in [0.15, 0.2) is 0 Å². The summed E-state index contributed by atoms with van der Waals surface area (Å²) in [4.78, 5) is 13.6. The summed E-state index contributed by atoms with van der Waals surface area (Å²) in [7, 11) is 0. The van der Waals surface area contributed by atoms with E-state index in [9.17, 15) is 4.79 Å². The molecular formula is C19H17NOS2. The van der Waals surface area contributed by atoms with Crippen LogP contribution in [0.4, 0.5) is 5.69 Å². The Kier molecular flexibility index (Phi) is 5.16. The van der Waals surface area contributed by atoms with Crippen LogP contribution in [-0.2, 0) is 5.75 Å². The fourth-order valence-electron chi connectivity index (χ4n) is 2.15. The van der Waals surface area contributed by atoms with Gasteiger partial charge in [0.2, 0.25) is 0 Å². The first-order valence-electron chi connectivity index (χ1n) is 7.33. The summed E-state index contributed by atoms with van der Waals surface area (Å²) in [5.74, 6) is 0.806. The van der Waals surface area contributed by atoms with Gasteiger partial charge >= 0.3 is 0 Å². The van der Waals surface area contributed by atoms with Crippen LogP contribution >= 0.6 is 23.1 Å². The third-order valence-corrected chi connectivity index (χ3v) is 5.29. The third-order valence-electron chi connectivity index (χ3n) is 3.42. The lowest BCUT2D eigenvalue weighted by Crippen LogP contribution is -2.12. The van der Waals surface area contributed by atoms with Crippen molar-refractivity contribution in [1.29, 1.82) is 0 Å². The molecule has 1 heterocycles. The number of carbonyl (C=O) groups excluding carboxylic acids is 1. The van der Waals surface area contributed by atoms with E-state index in [4.69, 9.17) is 0 Å². The Labute approximate surface area is 144 Å². The topological polar surface area (TPSA) is 29.1 Å². The van der Waals surface area contributed by atoms with Gasteiger partial charge in [-0.25, -0.2) is 0 Å². The summed E-state index contributed by atoms with van der Waals surface area (Å²) in [5.41, 5.74) is 4.00. The number of hydrogen-bond acceptors (Lipinski definition) is 3. The zero-order valence-electron chi connectivity index (χ0n) is 12.8. The Morgan fingerprint density at radius 1 is 1.09 bits per heavy atom. The average molecular weight is 339 g/mol. The first-order valence-corrected chi connectivity index (χ1v) is 9.26. The molecule has 0 fully saturated rings. The molecule has 3 aromatic rings. The monoisotopic (exact) mass is 339 g/mol. The van der Waals surface area contributed by atoms with Crippen molar-refractivity contribution in [1.82, 2.24) is 0 Å². The molecule has 4 heteroatoms. The molecule has 3 rings (SSSR count). The summed E-state index contributed by atoms with van der Waals surface area (Å²) in [6.45, 7) is 2.03. The number of rotatable bonds is 5. The van der Waals surface area contributed by atoms with Gasteiger partial charge in [-0.15, -0.1) is 11.8 Å². The minimum absolute atomic E-state index is 0.0673. The summed E-state index contributed by atoms with van der Waals surface area (Å²) in [5, 5.41) is 7.18. The van der Waals surface area contributed by atoms with Crippen LogP contribution in [0.25, 0.3) is 0 Å². The molecular weight excluding hydrogens is 322 g/mol. The van der Waals surface area contributed by atoms with E-state index in [-0.39, 0.29) is 5.91 Å². The maximum absolute atomic E-state index is 12.6. The minimum atomic E-state index is -0.0673. The van der Waals surface area contributed by atoms with Gasteiger partial charge in [0, 0.05) is 16.3 Å². The van der Waals surface area contributed by atoms with Crippen molar-refractivity contribution < 1.29 is 4.79 Å². The third kappa shape index (κ3) is 4.24. The second kappa shape index (κ2) is 7.49. The molecule has 1 amide bonds. The maximum atomic E-state index is 12.6. The van der Waals surface area contributed by atoms with Crippen LogP contribution in [0.1, 0.15) is 21.5 Å². The van der Waals surface area contributed by atoms with Gasteiger partial charge in [-0.1, -0.05) is 29.8 Å². The van der Waals surface area contributed by atoms with Gasteiger partial charge < -0.3 is 5.32 Å². The number of thioether (sulfide) groups is 1. The van der Waals surface area contributed by atoms with Crippen molar-refractivity contribution in [3.05, 3.63) is 82.0 Å². The average Bonchev–Trinajstić information content (AvgIpc) is 3.09. The molecule has 2 aromatic carbocycles. The molecule has 0 spiro atoms. The highest BCUT2D eigenvalue weighted by molar-refractivity contribution is 7.98. The molecule has 0 saturated heterocycles. The lowest BCUT2D eigenvalue weighted by molar-refractivity contribution is 0.102. The number of aryl methyl sites for hydroxylation is 1. The smallest absolute Gasteiger partial charge is 0.256 e. The quantitative estimate of drug-likeness (QED) is 0.613. The van der Waals surface area contributed by atoms with E-state index < -0.39 is 0 Å². The summed E-state index contributed by atoms with van der Waals surface area (Å²) < 4.78 is 0. The van der Waals surface area contributed by atoms with Crippen LogP contribution < -0.4 is 5.32 Å². The van der Waals surface area contributed by atoms with E-state index in [1.165, 1.54) is 11.1 Å². The number of nitrogens with one attached hydrogen (secondary N) is 1. The van der Waals surface area contributed by atoms with Gasteiger partial charge in [-0.05, 0) is 53.6 Å². The van der Waals surface area contributed by atoms with E-state index in [1.807, 2.05) is 55.5 Å². The van der Waals surface area contributed by atoms with Crippen LogP contribution in [0, 0.1) is 6.92 Å². The number of anilines is 1. The molecule has 0 bridgehead atoms. The largest absolute Gasteiger partial charge is 0.322 e. The standard InChI is InChI=1S/C19H17NOS2/c1-14-6-8-16(9-7-14)20-19(21)17-4-2-3-5-18(17)23-13-15-10-11-22-12-15/h2-12H,13H2,1H3,(H,20,21). The number of amides is 1. The van der Waals surface area contributed by atoms with Crippen LogP contribution in [0.2, 0.25) is 0 Å². The number of benzene rings is 2. The Morgan fingerprint density at radius 3 is 2.61 bits per heavy atom.